The highest BCUT2D eigenvalue weighted by Gasteiger charge is 2.22. The third-order valence-corrected chi connectivity index (χ3v) is 3.28. The second-order valence-corrected chi connectivity index (χ2v) is 6.79. The molecule has 0 bridgehead atoms. The van der Waals surface area contributed by atoms with Gasteiger partial charge in [0.15, 0.2) is 0 Å². The van der Waals surface area contributed by atoms with E-state index in [9.17, 15) is 9.59 Å². The largest absolute Gasteiger partial charge is 0.481 e. The summed E-state index contributed by atoms with van der Waals surface area (Å²) in [5.74, 6) is -0.917. The average molecular weight is 299 g/mol. The first-order valence-electron chi connectivity index (χ1n) is 6.41. The minimum atomic E-state index is -0.917. The monoisotopic (exact) mass is 299 g/mol. The number of carboxylic acid groups (broad SMARTS) is 1. The van der Waals surface area contributed by atoms with Crippen LogP contribution in [0.5, 0.6) is 0 Å². The molecule has 0 fully saturated rings. The number of aromatic nitrogens is 1. The summed E-state index contributed by atoms with van der Waals surface area (Å²) in [6, 6.07) is -0.750. The fraction of sp³-hybridized carbons (Fsp3) is 0.615. The Kier molecular flexibility index (Phi) is 5.94. The molecule has 0 aromatic carbocycles. The maximum atomic E-state index is 11.8. The molecule has 2 amide bonds. The van der Waals surface area contributed by atoms with Crippen molar-refractivity contribution in [3.63, 3.8) is 0 Å². The standard InChI is InChI=1S/C13H21N3O3S/c1-13(2,3)7-9(6-11(17)18)16-12(19)15-8-10-14-4-5-20-10/h4-5,9H,6-8H2,1-3H3,(H,17,18)(H2,15,16,19). The summed E-state index contributed by atoms with van der Waals surface area (Å²) in [5, 5.41) is 16.9. The minimum absolute atomic E-state index is 0.0529. The number of rotatable bonds is 6. The number of carboxylic acids is 1. The first kappa shape index (κ1) is 16.4. The number of nitrogens with zero attached hydrogens (tertiary/aromatic N) is 1. The van der Waals surface area contributed by atoms with E-state index in [1.165, 1.54) is 11.3 Å². The number of nitrogens with one attached hydrogen (secondary N) is 2. The van der Waals surface area contributed by atoms with Gasteiger partial charge in [0, 0.05) is 17.6 Å². The predicted octanol–water partition coefficient (Wildman–Crippen LogP) is 2.22. The second-order valence-electron chi connectivity index (χ2n) is 5.81. The summed E-state index contributed by atoms with van der Waals surface area (Å²) in [7, 11) is 0. The summed E-state index contributed by atoms with van der Waals surface area (Å²) in [6.07, 6.45) is 2.19. The molecule has 20 heavy (non-hydrogen) atoms. The van der Waals surface area contributed by atoms with E-state index in [1.54, 1.807) is 6.20 Å². The maximum Gasteiger partial charge on any atom is 0.315 e. The Hall–Kier alpha value is -1.63. The van der Waals surface area contributed by atoms with Gasteiger partial charge in [-0.05, 0) is 11.8 Å². The number of hydrogen-bond acceptors (Lipinski definition) is 4. The highest BCUT2D eigenvalue weighted by molar-refractivity contribution is 7.09. The van der Waals surface area contributed by atoms with E-state index in [-0.39, 0.29) is 23.9 Å². The molecule has 1 aromatic heterocycles. The molecule has 0 aliphatic rings. The molecule has 0 radical (unpaired) electrons. The Morgan fingerprint density at radius 2 is 2.15 bits per heavy atom. The van der Waals surface area contributed by atoms with Gasteiger partial charge in [-0.2, -0.15) is 0 Å². The van der Waals surface area contributed by atoms with E-state index >= 15 is 0 Å². The number of aliphatic carboxylic acids is 1. The lowest BCUT2D eigenvalue weighted by Gasteiger charge is -2.25. The first-order chi connectivity index (χ1) is 9.26. The molecule has 0 aliphatic carbocycles. The number of thiazole rings is 1. The van der Waals surface area contributed by atoms with Crippen molar-refractivity contribution in [3.8, 4) is 0 Å². The van der Waals surface area contributed by atoms with Gasteiger partial charge in [-0.15, -0.1) is 11.3 Å². The Morgan fingerprint density at radius 3 is 2.65 bits per heavy atom. The van der Waals surface area contributed by atoms with Crippen LogP contribution in [0.1, 0.15) is 38.6 Å². The van der Waals surface area contributed by atoms with Gasteiger partial charge in [0.2, 0.25) is 0 Å². The van der Waals surface area contributed by atoms with Gasteiger partial charge in [0.25, 0.3) is 0 Å². The third-order valence-electron chi connectivity index (χ3n) is 2.50. The van der Waals surface area contributed by atoms with Crippen molar-refractivity contribution in [3.05, 3.63) is 16.6 Å². The summed E-state index contributed by atoms with van der Waals surface area (Å²) < 4.78 is 0. The fourth-order valence-electron chi connectivity index (χ4n) is 1.86. The molecular formula is C13H21N3O3S. The Balaban J connectivity index is 2.46. The van der Waals surface area contributed by atoms with Crippen molar-refractivity contribution in [1.82, 2.24) is 15.6 Å². The SMILES string of the molecule is CC(C)(C)CC(CC(=O)O)NC(=O)NCc1nccs1. The van der Waals surface area contributed by atoms with E-state index in [1.807, 2.05) is 26.2 Å². The molecule has 1 rings (SSSR count). The summed E-state index contributed by atoms with van der Waals surface area (Å²) >= 11 is 1.46. The molecule has 1 atom stereocenters. The number of hydrogen-bond donors (Lipinski definition) is 3. The number of amides is 2. The number of carbonyl (C=O) groups is 2. The predicted molar refractivity (Wildman–Crippen MR) is 77.6 cm³/mol. The van der Waals surface area contributed by atoms with Crippen LogP contribution in [0.2, 0.25) is 0 Å². The van der Waals surface area contributed by atoms with Crippen LogP contribution in [0.15, 0.2) is 11.6 Å². The van der Waals surface area contributed by atoms with Crippen molar-refractivity contribution in [1.29, 1.82) is 0 Å². The van der Waals surface area contributed by atoms with Gasteiger partial charge in [0.05, 0.1) is 13.0 Å². The Morgan fingerprint density at radius 1 is 1.45 bits per heavy atom. The molecule has 0 aliphatic heterocycles. The molecule has 0 saturated carbocycles. The zero-order valence-corrected chi connectivity index (χ0v) is 12.8. The van der Waals surface area contributed by atoms with Gasteiger partial charge >= 0.3 is 12.0 Å². The molecule has 112 valence electrons. The maximum absolute atomic E-state index is 11.8. The van der Waals surface area contributed by atoms with E-state index in [4.69, 9.17) is 5.11 Å². The van der Waals surface area contributed by atoms with Crippen molar-refractivity contribution >= 4 is 23.3 Å². The van der Waals surface area contributed by atoms with Gasteiger partial charge < -0.3 is 15.7 Å². The fourth-order valence-corrected chi connectivity index (χ4v) is 2.41. The number of urea groups is 1. The van der Waals surface area contributed by atoms with Crippen LogP contribution in [0, 0.1) is 5.41 Å². The summed E-state index contributed by atoms with van der Waals surface area (Å²) in [6.45, 7) is 6.38. The molecule has 1 heterocycles. The molecule has 0 saturated heterocycles. The van der Waals surface area contributed by atoms with E-state index in [0.29, 0.717) is 13.0 Å². The third kappa shape index (κ3) is 7.08. The second kappa shape index (κ2) is 7.23. The van der Waals surface area contributed by atoms with Crippen molar-refractivity contribution in [2.24, 2.45) is 5.41 Å². The molecule has 1 aromatic rings. The lowest BCUT2D eigenvalue weighted by atomic mass is 9.87. The Bertz CT molecular complexity index is 440. The summed E-state index contributed by atoms with van der Waals surface area (Å²) in [5.41, 5.74) is -0.0529. The van der Waals surface area contributed by atoms with Crippen LogP contribution in [0.25, 0.3) is 0 Å². The van der Waals surface area contributed by atoms with Gasteiger partial charge in [-0.3, -0.25) is 4.79 Å². The molecule has 3 N–H and O–H groups in total. The minimum Gasteiger partial charge on any atom is -0.481 e. The van der Waals surface area contributed by atoms with Crippen molar-refractivity contribution in [2.45, 2.75) is 46.2 Å². The van der Waals surface area contributed by atoms with Crippen LogP contribution >= 0.6 is 11.3 Å². The normalized spacial score (nSPS) is 12.8. The molecule has 6 nitrogen and oxygen atoms in total. The van der Waals surface area contributed by atoms with Crippen molar-refractivity contribution < 1.29 is 14.7 Å². The van der Waals surface area contributed by atoms with Crippen LogP contribution in [-0.2, 0) is 11.3 Å². The molecule has 0 spiro atoms. The summed E-state index contributed by atoms with van der Waals surface area (Å²) in [4.78, 5) is 26.7. The molecule has 7 heteroatoms. The quantitative estimate of drug-likeness (QED) is 0.751. The van der Waals surface area contributed by atoms with E-state index in [2.05, 4.69) is 15.6 Å². The first-order valence-corrected chi connectivity index (χ1v) is 7.29. The number of carbonyl (C=O) groups excluding carboxylic acids is 1. The lowest BCUT2D eigenvalue weighted by molar-refractivity contribution is -0.137. The van der Waals surface area contributed by atoms with Crippen LogP contribution in [-0.4, -0.2) is 28.1 Å². The zero-order chi connectivity index (χ0) is 15.2. The van der Waals surface area contributed by atoms with Gasteiger partial charge in [-0.1, -0.05) is 20.8 Å². The van der Waals surface area contributed by atoms with Crippen LogP contribution < -0.4 is 10.6 Å². The van der Waals surface area contributed by atoms with Crippen LogP contribution in [0.3, 0.4) is 0 Å². The smallest absolute Gasteiger partial charge is 0.315 e. The van der Waals surface area contributed by atoms with E-state index in [0.717, 1.165) is 5.01 Å². The highest BCUT2D eigenvalue weighted by atomic mass is 32.1. The molecule has 1 unspecified atom stereocenters. The van der Waals surface area contributed by atoms with Crippen LogP contribution in [0.4, 0.5) is 4.79 Å². The van der Waals surface area contributed by atoms with E-state index < -0.39 is 5.97 Å². The van der Waals surface area contributed by atoms with Gasteiger partial charge in [0.1, 0.15) is 5.01 Å². The lowest BCUT2D eigenvalue weighted by Crippen LogP contribution is -2.44. The Labute approximate surface area is 122 Å². The zero-order valence-electron chi connectivity index (χ0n) is 12.0. The van der Waals surface area contributed by atoms with Crippen molar-refractivity contribution in [2.75, 3.05) is 0 Å². The average Bonchev–Trinajstić information content (AvgIpc) is 2.75. The highest BCUT2D eigenvalue weighted by Crippen LogP contribution is 2.22. The van der Waals surface area contributed by atoms with Gasteiger partial charge in [-0.25, -0.2) is 9.78 Å². The molecular weight excluding hydrogens is 278 g/mol. The topological polar surface area (TPSA) is 91.3 Å².